The number of ketones is 1. The van der Waals surface area contributed by atoms with Crippen LogP contribution in [0.5, 0.6) is 17.2 Å². The van der Waals surface area contributed by atoms with Gasteiger partial charge in [-0.05, 0) is 97.0 Å². The van der Waals surface area contributed by atoms with Gasteiger partial charge in [-0.3, -0.25) is 9.59 Å². The molecular formula is C26H32O5. The maximum atomic E-state index is 12.7. The van der Waals surface area contributed by atoms with Crippen molar-refractivity contribution in [3.63, 3.8) is 0 Å². The van der Waals surface area contributed by atoms with Crippen LogP contribution in [0.2, 0.25) is 0 Å². The molecule has 0 aliphatic heterocycles. The van der Waals surface area contributed by atoms with Crippen LogP contribution < -0.4 is 14.2 Å². The first-order chi connectivity index (χ1) is 14.5. The van der Waals surface area contributed by atoms with Crippen LogP contribution in [0.15, 0.2) is 48.5 Å². The molecular weight excluding hydrogens is 392 g/mol. The number of carbonyl (C=O) groups is 2. The Morgan fingerprint density at radius 1 is 0.839 bits per heavy atom. The van der Waals surface area contributed by atoms with Gasteiger partial charge in [-0.15, -0.1) is 0 Å². The molecule has 2 aromatic rings. The molecule has 0 unspecified atom stereocenters. The average molecular weight is 425 g/mol. The second kappa shape index (κ2) is 10.3. The topological polar surface area (TPSA) is 61.8 Å². The van der Waals surface area contributed by atoms with Gasteiger partial charge in [0.2, 0.25) is 0 Å². The van der Waals surface area contributed by atoms with Crippen LogP contribution in [0.3, 0.4) is 0 Å². The highest BCUT2D eigenvalue weighted by molar-refractivity contribution is 6.07. The fourth-order valence-corrected chi connectivity index (χ4v) is 2.60. The van der Waals surface area contributed by atoms with Crippen molar-refractivity contribution < 1.29 is 23.8 Å². The summed E-state index contributed by atoms with van der Waals surface area (Å²) in [5.74, 6) is 1.21. The van der Waals surface area contributed by atoms with E-state index in [2.05, 4.69) is 0 Å². The van der Waals surface area contributed by atoms with E-state index in [9.17, 15) is 9.59 Å². The molecule has 0 heterocycles. The van der Waals surface area contributed by atoms with Gasteiger partial charge in [-0.25, -0.2) is 0 Å². The van der Waals surface area contributed by atoms with Crippen molar-refractivity contribution in [3.05, 3.63) is 59.7 Å². The third-order valence-corrected chi connectivity index (χ3v) is 4.11. The van der Waals surface area contributed by atoms with Crippen molar-refractivity contribution in [3.8, 4) is 17.2 Å². The molecule has 0 aromatic heterocycles. The van der Waals surface area contributed by atoms with E-state index in [4.69, 9.17) is 14.2 Å². The van der Waals surface area contributed by atoms with E-state index in [0.717, 1.165) is 0 Å². The van der Waals surface area contributed by atoms with E-state index in [1.807, 2.05) is 45.9 Å². The van der Waals surface area contributed by atoms with Crippen LogP contribution in [0.25, 0.3) is 6.08 Å². The van der Waals surface area contributed by atoms with Crippen molar-refractivity contribution in [2.45, 2.75) is 60.7 Å². The van der Waals surface area contributed by atoms with Crippen molar-refractivity contribution in [2.75, 3.05) is 0 Å². The zero-order valence-electron chi connectivity index (χ0n) is 19.4. The number of benzene rings is 2. The Bertz CT molecular complexity index is 903. The maximum Gasteiger partial charge on any atom is 0.316 e. The van der Waals surface area contributed by atoms with E-state index in [1.54, 1.807) is 51.1 Å². The summed E-state index contributed by atoms with van der Waals surface area (Å²) >= 11 is 0. The van der Waals surface area contributed by atoms with Gasteiger partial charge >= 0.3 is 5.97 Å². The van der Waals surface area contributed by atoms with E-state index in [-0.39, 0.29) is 24.0 Å². The lowest BCUT2D eigenvalue weighted by Crippen LogP contribution is -2.25. The monoisotopic (exact) mass is 424 g/mol. The number of allylic oxidation sites excluding steroid dienone is 1. The predicted octanol–water partition coefficient (Wildman–Crippen LogP) is 6.11. The van der Waals surface area contributed by atoms with Gasteiger partial charge in [0.25, 0.3) is 0 Å². The second-order valence-electron chi connectivity index (χ2n) is 8.86. The van der Waals surface area contributed by atoms with E-state index < -0.39 is 5.41 Å². The molecule has 0 aliphatic rings. The maximum absolute atomic E-state index is 12.7. The van der Waals surface area contributed by atoms with E-state index in [1.165, 1.54) is 6.08 Å². The zero-order chi connectivity index (χ0) is 23.2. The minimum absolute atomic E-state index is 0.0134. The summed E-state index contributed by atoms with van der Waals surface area (Å²) in [7, 11) is 0. The molecule has 5 nitrogen and oxygen atoms in total. The van der Waals surface area contributed by atoms with Gasteiger partial charge in [-0.1, -0.05) is 6.07 Å². The van der Waals surface area contributed by atoms with E-state index >= 15 is 0 Å². The average Bonchev–Trinajstić information content (AvgIpc) is 2.66. The Balaban J connectivity index is 2.23. The Kier molecular flexibility index (Phi) is 8.03. The first-order valence-electron chi connectivity index (χ1n) is 10.5. The van der Waals surface area contributed by atoms with Crippen molar-refractivity contribution in [1.29, 1.82) is 0 Å². The molecule has 0 bridgehead atoms. The number of ether oxygens (including phenoxy) is 3. The number of carbonyl (C=O) groups excluding carboxylic acids is 2. The Hall–Kier alpha value is -3.08. The predicted molar refractivity (Wildman–Crippen MR) is 123 cm³/mol. The number of hydrogen-bond donors (Lipinski definition) is 0. The first-order valence-corrected chi connectivity index (χ1v) is 10.5. The molecule has 2 aromatic carbocycles. The molecule has 0 aliphatic carbocycles. The summed E-state index contributed by atoms with van der Waals surface area (Å²) < 4.78 is 17.1. The lowest BCUT2D eigenvalue weighted by Gasteiger charge is -2.17. The molecule has 0 amide bonds. The molecule has 31 heavy (non-hydrogen) atoms. The van der Waals surface area contributed by atoms with Gasteiger partial charge in [0.1, 0.15) is 17.2 Å². The van der Waals surface area contributed by atoms with Crippen LogP contribution in [-0.4, -0.2) is 24.0 Å². The fraction of sp³-hybridized carbons (Fsp3) is 0.385. The quantitative estimate of drug-likeness (QED) is 0.221. The number of esters is 1. The molecule has 0 radical (unpaired) electrons. The van der Waals surface area contributed by atoms with Gasteiger partial charge in [0, 0.05) is 5.56 Å². The highest BCUT2D eigenvalue weighted by atomic mass is 16.5. The number of hydrogen-bond acceptors (Lipinski definition) is 5. The Morgan fingerprint density at radius 3 is 1.81 bits per heavy atom. The van der Waals surface area contributed by atoms with Gasteiger partial charge in [0.05, 0.1) is 23.2 Å². The molecule has 0 fully saturated rings. The summed E-state index contributed by atoms with van der Waals surface area (Å²) in [6, 6.07) is 12.1. The molecule has 0 saturated carbocycles. The Morgan fingerprint density at radius 2 is 1.35 bits per heavy atom. The van der Waals surface area contributed by atoms with Crippen LogP contribution in [-0.2, 0) is 4.79 Å². The van der Waals surface area contributed by atoms with Gasteiger partial charge in [-0.2, -0.15) is 0 Å². The number of rotatable bonds is 8. The molecule has 2 rings (SSSR count). The minimum Gasteiger partial charge on any atom is -0.490 e. The zero-order valence-corrected chi connectivity index (χ0v) is 19.4. The molecule has 0 N–H and O–H groups in total. The largest absolute Gasteiger partial charge is 0.490 e. The van der Waals surface area contributed by atoms with Crippen molar-refractivity contribution in [2.24, 2.45) is 5.41 Å². The van der Waals surface area contributed by atoms with Crippen LogP contribution in [0.4, 0.5) is 0 Å². The lowest BCUT2D eigenvalue weighted by atomic mass is 9.97. The Labute approximate surface area is 185 Å². The molecule has 5 heteroatoms. The highest BCUT2D eigenvalue weighted by Crippen LogP contribution is 2.31. The third kappa shape index (κ3) is 7.28. The second-order valence-corrected chi connectivity index (χ2v) is 8.86. The van der Waals surface area contributed by atoms with Gasteiger partial charge in [0.15, 0.2) is 5.78 Å². The molecule has 0 saturated heterocycles. The van der Waals surface area contributed by atoms with Crippen LogP contribution >= 0.6 is 0 Å². The minimum atomic E-state index is -0.599. The summed E-state index contributed by atoms with van der Waals surface area (Å²) in [6.07, 6.45) is 3.18. The third-order valence-electron chi connectivity index (χ3n) is 4.11. The highest BCUT2D eigenvalue weighted by Gasteiger charge is 2.23. The summed E-state index contributed by atoms with van der Waals surface area (Å²) in [4.78, 5) is 24.7. The van der Waals surface area contributed by atoms with Crippen LogP contribution in [0.1, 0.15) is 64.4 Å². The summed E-state index contributed by atoms with van der Waals surface area (Å²) in [6.45, 7) is 13.2. The van der Waals surface area contributed by atoms with Gasteiger partial charge < -0.3 is 14.2 Å². The SMILES string of the molecule is CC(C)Oc1cccc(OC(C)C)c1/C=C/C(=O)c1ccc(OC(=O)C(C)(C)C)cc1. The lowest BCUT2D eigenvalue weighted by molar-refractivity contribution is -0.143. The molecule has 0 spiro atoms. The molecule has 166 valence electrons. The first kappa shape index (κ1) is 24.2. The smallest absolute Gasteiger partial charge is 0.316 e. The summed E-state index contributed by atoms with van der Waals surface area (Å²) in [5.41, 5.74) is 0.604. The van der Waals surface area contributed by atoms with Crippen LogP contribution in [0, 0.1) is 5.41 Å². The van der Waals surface area contributed by atoms with Crippen molar-refractivity contribution in [1.82, 2.24) is 0 Å². The van der Waals surface area contributed by atoms with Crippen molar-refractivity contribution >= 4 is 17.8 Å². The normalized spacial score (nSPS) is 11.8. The van der Waals surface area contributed by atoms with E-state index in [0.29, 0.717) is 28.4 Å². The summed E-state index contributed by atoms with van der Waals surface area (Å²) in [5, 5.41) is 0. The standard InChI is InChI=1S/C26H32O5/c1-17(2)29-23-9-8-10-24(30-18(3)4)21(23)15-16-22(27)19-11-13-20(14-12-19)31-25(28)26(5,6)7/h8-18H,1-7H3/b16-15+. The fourth-order valence-electron chi connectivity index (χ4n) is 2.60. The molecule has 0 atom stereocenters.